The van der Waals surface area contributed by atoms with Crippen molar-refractivity contribution in [2.75, 3.05) is 78.1 Å². The van der Waals surface area contributed by atoms with Gasteiger partial charge in [-0.15, -0.1) is 0 Å². The number of guanidine groups is 1. The molecule has 1 saturated heterocycles. The Morgan fingerprint density at radius 2 is 2.00 bits per heavy atom. The van der Waals surface area contributed by atoms with E-state index in [0.29, 0.717) is 55.2 Å². The van der Waals surface area contributed by atoms with Crippen molar-refractivity contribution in [2.24, 2.45) is 9.98 Å². The Kier molecular flexibility index (Phi) is 8.65. The van der Waals surface area contributed by atoms with Gasteiger partial charge in [0, 0.05) is 38.3 Å². The molecule has 39 heavy (non-hydrogen) atoms. The zero-order chi connectivity index (χ0) is 27.0. The molecule has 0 bridgehead atoms. The lowest BCUT2D eigenvalue weighted by atomic mass is 10.1. The molecule has 5 rings (SSSR count). The minimum Gasteiger partial charge on any atom is -0.491 e. The van der Waals surface area contributed by atoms with Gasteiger partial charge in [-0.25, -0.2) is 19.8 Å². The number of nitrogens with zero attached hydrogens (tertiary/aromatic N) is 6. The van der Waals surface area contributed by atoms with Crippen LogP contribution < -0.4 is 24.8 Å². The second kappa shape index (κ2) is 12.7. The molecule has 0 spiro atoms. The number of amides is 1. The number of ether oxygens (including phenoxy) is 4. The lowest BCUT2D eigenvalue weighted by Crippen LogP contribution is -2.48. The van der Waals surface area contributed by atoms with Crippen LogP contribution in [0.25, 0.3) is 0 Å². The molecule has 3 aliphatic rings. The number of hydrogen-bond acceptors (Lipinski definition) is 13. The Bertz CT molecular complexity index is 1220. The highest BCUT2D eigenvalue weighted by atomic mass is 16.6. The Morgan fingerprint density at radius 3 is 2.77 bits per heavy atom. The molecule has 1 aromatic carbocycles. The van der Waals surface area contributed by atoms with Gasteiger partial charge in [-0.05, 0) is 18.6 Å². The van der Waals surface area contributed by atoms with E-state index in [1.54, 1.807) is 7.11 Å². The number of hydrogen-bond donors (Lipinski definition) is 3. The summed E-state index contributed by atoms with van der Waals surface area (Å²) in [5.41, 5.74) is 1.32. The number of aromatic nitrogens is 2. The maximum absolute atomic E-state index is 12.7. The van der Waals surface area contributed by atoms with Gasteiger partial charge in [0.15, 0.2) is 17.2 Å². The Labute approximate surface area is 225 Å². The number of benzene rings is 1. The normalized spacial score (nSPS) is 16.5. The number of fused-ring (bicyclic) bond motifs is 3. The maximum Gasteiger partial charge on any atom is 0.419 e. The van der Waals surface area contributed by atoms with Crippen molar-refractivity contribution in [3.05, 3.63) is 30.1 Å². The van der Waals surface area contributed by atoms with Crippen molar-refractivity contribution in [1.29, 1.82) is 0 Å². The molecule has 0 radical (unpaired) electrons. The topological polar surface area (TPSA) is 155 Å². The fourth-order valence-corrected chi connectivity index (χ4v) is 4.45. The second-order valence-electron chi connectivity index (χ2n) is 8.85. The third kappa shape index (κ3) is 6.35. The van der Waals surface area contributed by atoms with E-state index in [1.807, 2.05) is 17.0 Å². The number of aliphatic imine (C=N–C) groups is 2. The number of amidine groups is 1. The van der Waals surface area contributed by atoms with Gasteiger partial charge in [0.25, 0.3) is 0 Å². The molecule has 0 saturated carbocycles. The van der Waals surface area contributed by atoms with Crippen LogP contribution in [0.5, 0.6) is 17.2 Å². The quantitative estimate of drug-likeness (QED) is 0.367. The summed E-state index contributed by atoms with van der Waals surface area (Å²) in [5.74, 6) is 2.47. The van der Waals surface area contributed by atoms with Gasteiger partial charge in [0.05, 0.1) is 52.5 Å². The van der Waals surface area contributed by atoms with Crippen molar-refractivity contribution in [3.8, 4) is 17.2 Å². The third-order valence-corrected chi connectivity index (χ3v) is 6.28. The van der Waals surface area contributed by atoms with Crippen molar-refractivity contribution >= 4 is 29.5 Å². The molecular weight excluding hydrogens is 508 g/mol. The van der Waals surface area contributed by atoms with E-state index < -0.39 is 6.09 Å². The molecule has 14 heteroatoms. The molecular formula is C25H32N8O6. The van der Waals surface area contributed by atoms with E-state index in [-0.39, 0.29) is 18.3 Å². The minimum atomic E-state index is -0.752. The molecule has 1 amide bonds. The largest absolute Gasteiger partial charge is 0.491 e. The number of aliphatic hydroxyl groups is 1. The number of carbonyl (C=O) groups excluding carboxylic acids is 1. The number of anilines is 1. The van der Waals surface area contributed by atoms with Gasteiger partial charge in [0.2, 0.25) is 11.9 Å². The van der Waals surface area contributed by atoms with E-state index in [2.05, 4.69) is 30.5 Å². The standard InChI is InChI=1S/C25H32N8O6/c1-36-21-19(38-12-2-7-32-9-13-37-14-10-32)4-3-18-20(21)30-24(33-8-5-26-22(18)33)31-25(35)39-17-15-28-23(29-16-17)27-6-11-34/h3-4,15-16,34H,2,5-14H2,1H3,(H,27,28,29)(H,30,31,35). The summed E-state index contributed by atoms with van der Waals surface area (Å²) in [4.78, 5) is 34.3. The zero-order valence-corrected chi connectivity index (χ0v) is 21.8. The van der Waals surface area contributed by atoms with Gasteiger partial charge in [-0.2, -0.15) is 0 Å². The average molecular weight is 541 g/mol. The molecule has 0 unspecified atom stereocenters. The van der Waals surface area contributed by atoms with Crippen LogP contribution in [0.3, 0.4) is 0 Å². The predicted molar refractivity (Wildman–Crippen MR) is 142 cm³/mol. The number of nitrogens with one attached hydrogen (secondary N) is 2. The summed E-state index contributed by atoms with van der Waals surface area (Å²) < 4.78 is 22.5. The van der Waals surface area contributed by atoms with Crippen LogP contribution in [0.15, 0.2) is 34.5 Å². The summed E-state index contributed by atoms with van der Waals surface area (Å²) in [7, 11) is 1.56. The van der Waals surface area contributed by atoms with Crippen molar-refractivity contribution in [2.45, 2.75) is 6.42 Å². The minimum absolute atomic E-state index is 0.0512. The summed E-state index contributed by atoms with van der Waals surface area (Å²) in [6.45, 7) is 6.25. The van der Waals surface area contributed by atoms with E-state index >= 15 is 0 Å². The van der Waals surface area contributed by atoms with Crippen LogP contribution >= 0.6 is 0 Å². The van der Waals surface area contributed by atoms with Crippen molar-refractivity contribution in [3.63, 3.8) is 0 Å². The summed E-state index contributed by atoms with van der Waals surface area (Å²) in [6.07, 6.45) is 2.83. The zero-order valence-electron chi connectivity index (χ0n) is 21.8. The van der Waals surface area contributed by atoms with E-state index in [1.165, 1.54) is 12.4 Å². The lowest BCUT2D eigenvalue weighted by molar-refractivity contribution is 0.0357. The number of aliphatic hydroxyl groups excluding tert-OH is 1. The van der Waals surface area contributed by atoms with Gasteiger partial charge in [-0.1, -0.05) is 0 Å². The molecule has 208 valence electrons. The average Bonchev–Trinajstić information content (AvgIpc) is 3.46. The Balaban J connectivity index is 1.27. The summed E-state index contributed by atoms with van der Waals surface area (Å²) in [6, 6.07) is 3.78. The van der Waals surface area contributed by atoms with Crippen LogP contribution in [0.2, 0.25) is 0 Å². The van der Waals surface area contributed by atoms with Crippen LogP contribution in [0.1, 0.15) is 12.0 Å². The fourth-order valence-electron chi connectivity index (χ4n) is 4.45. The molecule has 3 N–H and O–H groups in total. The van der Waals surface area contributed by atoms with Crippen LogP contribution in [-0.4, -0.2) is 116 Å². The smallest absolute Gasteiger partial charge is 0.419 e. The molecule has 0 aliphatic carbocycles. The molecule has 14 nitrogen and oxygen atoms in total. The van der Waals surface area contributed by atoms with Gasteiger partial charge in [-0.3, -0.25) is 20.1 Å². The summed E-state index contributed by atoms with van der Waals surface area (Å²) in [5, 5.41) is 14.4. The molecule has 0 atom stereocenters. The number of morpholine rings is 1. The van der Waals surface area contributed by atoms with E-state index in [9.17, 15) is 4.79 Å². The van der Waals surface area contributed by atoms with Crippen LogP contribution in [-0.2, 0) is 4.74 Å². The van der Waals surface area contributed by atoms with Gasteiger partial charge in [0.1, 0.15) is 11.5 Å². The van der Waals surface area contributed by atoms with Crippen LogP contribution in [0.4, 0.5) is 16.4 Å². The summed E-state index contributed by atoms with van der Waals surface area (Å²) >= 11 is 0. The first kappa shape index (κ1) is 26.6. The first-order valence-electron chi connectivity index (χ1n) is 12.9. The molecule has 3 aliphatic heterocycles. The lowest BCUT2D eigenvalue weighted by Gasteiger charge is -2.28. The highest BCUT2D eigenvalue weighted by Gasteiger charge is 2.33. The van der Waals surface area contributed by atoms with Crippen LogP contribution in [0, 0.1) is 0 Å². The second-order valence-corrected chi connectivity index (χ2v) is 8.85. The Hall–Kier alpha value is -4.01. The molecule has 1 aromatic heterocycles. The third-order valence-electron chi connectivity index (χ3n) is 6.28. The number of methoxy groups -OCH3 is 1. The number of rotatable bonds is 10. The van der Waals surface area contributed by atoms with E-state index in [4.69, 9.17) is 29.0 Å². The number of carbonyl (C=O) groups is 1. The monoisotopic (exact) mass is 540 g/mol. The van der Waals surface area contributed by atoms with E-state index in [0.717, 1.165) is 44.8 Å². The fraction of sp³-hybridized carbons (Fsp3) is 0.480. The van der Waals surface area contributed by atoms with Crippen molar-refractivity contribution < 1.29 is 28.8 Å². The first-order valence-corrected chi connectivity index (χ1v) is 12.9. The predicted octanol–water partition coefficient (Wildman–Crippen LogP) is 0.842. The highest BCUT2D eigenvalue weighted by Crippen LogP contribution is 2.43. The van der Waals surface area contributed by atoms with Crippen molar-refractivity contribution in [1.82, 2.24) is 25.1 Å². The molecule has 1 fully saturated rings. The maximum atomic E-state index is 12.7. The van der Waals surface area contributed by atoms with Gasteiger partial charge >= 0.3 is 6.09 Å². The molecule has 4 heterocycles. The SMILES string of the molecule is COc1c(OCCCN2CCOCC2)ccc2c1N=C(NC(=O)Oc1cnc(NCCO)nc1)N1CCN=C21. The Morgan fingerprint density at radius 1 is 1.18 bits per heavy atom. The van der Waals surface area contributed by atoms with Gasteiger partial charge < -0.3 is 29.4 Å². The highest BCUT2D eigenvalue weighted by molar-refractivity contribution is 6.18. The molecule has 2 aromatic rings. The first-order chi connectivity index (χ1) is 19.2.